The number of hydrogen-bond donors (Lipinski definition) is 1. The van der Waals surface area contributed by atoms with Gasteiger partial charge in [-0.1, -0.05) is 45.7 Å². The minimum atomic E-state index is 0.675. The second-order valence-corrected chi connectivity index (χ2v) is 5.74. The normalized spacial score (nSPS) is 10.6. The molecular formula is C15H12BrClN4. The van der Waals surface area contributed by atoms with Crippen LogP contribution in [-0.4, -0.2) is 14.8 Å². The van der Waals surface area contributed by atoms with Crippen molar-refractivity contribution in [2.75, 3.05) is 5.32 Å². The van der Waals surface area contributed by atoms with Crippen LogP contribution in [0.2, 0.25) is 5.02 Å². The van der Waals surface area contributed by atoms with Gasteiger partial charge in [0.05, 0.1) is 11.4 Å². The van der Waals surface area contributed by atoms with E-state index in [2.05, 4.69) is 37.4 Å². The second kappa shape index (κ2) is 6.28. The van der Waals surface area contributed by atoms with Crippen LogP contribution in [-0.2, 0) is 6.54 Å². The van der Waals surface area contributed by atoms with Gasteiger partial charge in [0.25, 0.3) is 0 Å². The Labute approximate surface area is 135 Å². The van der Waals surface area contributed by atoms with Crippen LogP contribution in [0.1, 0.15) is 5.56 Å². The summed E-state index contributed by atoms with van der Waals surface area (Å²) in [5.74, 6) is 0. The number of benzene rings is 2. The third-order valence-electron chi connectivity index (χ3n) is 3.05. The highest BCUT2D eigenvalue weighted by molar-refractivity contribution is 9.10. The zero-order valence-electron chi connectivity index (χ0n) is 11.0. The number of anilines is 1. The third-order valence-corrected chi connectivity index (χ3v) is 4.06. The summed E-state index contributed by atoms with van der Waals surface area (Å²) >= 11 is 9.64. The molecular weight excluding hydrogens is 352 g/mol. The van der Waals surface area contributed by atoms with Crippen LogP contribution < -0.4 is 5.32 Å². The molecule has 4 nitrogen and oxygen atoms in total. The van der Waals surface area contributed by atoms with Crippen LogP contribution in [0.5, 0.6) is 0 Å². The average Bonchev–Trinajstić information content (AvgIpc) is 3.00. The molecule has 0 spiro atoms. The van der Waals surface area contributed by atoms with Gasteiger partial charge in [-0.15, -0.1) is 0 Å². The Hall–Kier alpha value is -1.85. The minimum Gasteiger partial charge on any atom is -0.379 e. The molecule has 1 heterocycles. The van der Waals surface area contributed by atoms with Gasteiger partial charge in [-0.2, -0.15) is 5.10 Å². The van der Waals surface area contributed by atoms with Crippen molar-refractivity contribution < 1.29 is 0 Å². The molecule has 2 aromatic carbocycles. The van der Waals surface area contributed by atoms with Gasteiger partial charge in [0.1, 0.15) is 12.7 Å². The lowest BCUT2D eigenvalue weighted by atomic mass is 10.2. The standard InChI is InChI=1S/C15H12BrClN4/c16-13-4-2-1-3-11(13)8-19-14-7-12(17)5-6-15(14)21-10-18-9-20-21/h1-7,9-10,19H,8H2. The maximum atomic E-state index is 6.10. The van der Waals surface area contributed by atoms with Crippen LogP contribution in [0.15, 0.2) is 59.6 Å². The molecule has 0 aliphatic rings. The predicted octanol–water partition coefficient (Wildman–Crippen LogP) is 4.30. The van der Waals surface area contributed by atoms with E-state index in [-0.39, 0.29) is 0 Å². The zero-order chi connectivity index (χ0) is 14.7. The quantitative estimate of drug-likeness (QED) is 0.751. The molecule has 3 rings (SSSR count). The van der Waals surface area contributed by atoms with E-state index in [0.29, 0.717) is 11.6 Å². The first kappa shape index (κ1) is 14.1. The van der Waals surface area contributed by atoms with Gasteiger partial charge in [-0.25, -0.2) is 9.67 Å². The van der Waals surface area contributed by atoms with Crippen LogP contribution in [0, 0.1) is 0 Å². The van der Waals surface area contributed by atoms with E-state index in [1.54, 1.807) is 11.0 Å². The van der Waals surface area contributed by atoms with Crippen molar-refractivity contribution in [2.45, 2.75) is 6.54 Å². The van der Waals surface area contributed by atoms with Crippen LogP contribution in [0.25, 0.3) is 5.69 Å². The molecule has 1 aromatic heterocycles. The zero-order valence-corrected chi connectivity index (χ0v) is 13.3. The van der Waals surface area contributed by atoms with Gasteiger partial charge in [-0.3, -0.25) is 0 Å². The maximum absolute atomic E-state index is 6.10. The fourth-order valence-corrected chi connectivity index (χ4v) is 2.61. The van der Waals surface area contributed by atoms with E-state index < -0.39 is 0 Å². The number of nitrogens with zero attached hydrogens (tertiary/aromatic N) is 3. The van der Waals surface area contributed by atoms with Gasteiger partial charge in [0, 0.05) is 16.0 Å². The first-order valence-corrected chi connectivity index (χ1v) is 7.53. The second-order valence-electron chi connectivity index (χ2n) is 4.45. The SMILES string of the molecule is Clc1ccc(-n2cncn2)c(NCc2ccccc2Br)c1. The smallest absolute Gasteiger partial charge is 0.138 e. The molecule has 1 N–H and O–H groups in total. The molecule has 0 radical (unpaired) electrons. The Kier molecular flexibility index (Phi) is 4.22. The van der Waals surface area contributed by atoms with Crippen molar-refractivity contribution in [3.05, 3.63) is 70.2 Å². The van der Waals surface area contributed by atoms with Crippen molar-refractivity contribution in [3.63, 3.8) is 0 Å². The maximum Gasteiger partial charge on any atom is 0.138 e. The highest BCUT2D eigenvalue weighted by Gasteiger charge is 2.07. The van der Waals surface area contributed by atoms with Crippen LogP contribution in [0.4, 0.5) is 5.69 Å². The minimum absolute atomic E-state index is 0.675. The molecule has 0 saturated carbocycles. The van der Waals surface area contributed by atoms with Gasteiger partial charge in [0.15, 0.2) is 0 Å². The first-order valence-electron chi connectivity index (χ1n) is 6.36. The average molecular weight is 364 g/mol. The van der Waals surface area contributed by atoms with E-state index in [4.69, 9.17) is 11.6 Å². The van der Waals surface area contributed by atoms with E-state index in [1.807, 2.05) is 36.4 Å². The molecule has 0 unspecified atom stereocenters. The molecule has 0 saturated heterocycles. The molecule has 6 heteroatoms. The molecule has 0 fully saturated rings. The van der Waals surface area contributed by atoms with Gasteiger partial charge in [-0.05, 0) is 29.8 Å². The predicted molar refractivity (Wildman–Crippen MR) is 87.8 cm³/mol. The van der Waals surface area contributed by atoms with E-state index in [0.717, 1.165) is 15.8 Å². The molecule has 21 heavy (non-hydrogen) atoms. The van der Waals surface area contributed by atoms with Gasteiger partial charge < -0.3 is 5.32 Å². The summed E-state index contributed by atoms with van der Waals surface area (Å²) in [7, 11) is 0. The van der Waals surface area contributed by atoms with Crippen LogP contribution >= 0.6 is 27.5 Å². The lowest BCUT2D eigenvalue weighted by molar-refractivity contribution is 0.877. The number of aromatic nitrogens is 3. The Morgan fingerprint density at radius 1 is 1.19 bits per heavy atom. The lowest BCUT2D eigenvalue weighted by Gasteiger charge is -2.13. The fourth-order valence-electron chi connectivity index (χ4n) is 2.01. The van der Waals surface area contributed by atoms with E-state index >= 15 is 0 Å². The van der Waals surface area contributed by atoms with Crippen molar-refractivity contribution in [1.29, 1.82) is 0 Å². The largest absolute Gasteiger partial charge is 0.379 e. The Morgan fingerprint density at radius 2 is 2.05 bits per heavy atom. The van der Waals surface area contributed by atoms with Crippen molar-refractivity contribution in [2.24, 2.45) is 0 Å². The number of hydrogen-bond acceptors (Lipinski definition) is 3. The first-order chi connectivity index (χ1) is 10.2. The molecule has 0 aliphatic heterocycles. The molecule has 0 aliphatic carbocycles. The summed E-state index contributed by atoms with van der Waals surface area (Å²) in [6, 6.07) is 13.7. The van der Waals surface area contributed by atoms with Crippen molar-refractivity contribution in [1.82, 2.24) is 14.8 Å². The summed E-state index contributed by atoms with van der Waals surface area (Å²) in [5, 5.41) is 8.23. The Balaban J connectivity index is 1.88. The third kappa shape index (κ3) is 3.25. The highest BCUT2D eigenvalue weighted by Crippen LogP contribution is 2.25. The van der Waals surface area contributed by atoms with Crippen molar-refractivity contribution >= 4 is 33.2 Å². The van der Waals surface area contributed by atoms with Crippen LogP contribution in [0.3, 0.4) is 0 Å². The van der Waals surface area contributed by atoms with E-state index in [9.17, 15) is 0 Å². The van der Waals surface area contributed by atoms with Gasteiger partial charge >= 0.3 is 0 Å². The summed E-state index contributed by atoms with van der Waals surface area (Å²) in [4.78, 5) is 3.98. The summed E-state index contributed by atoms with van der Waals surface area (Å²) in [6.45, 7) is 0.684. The summed E-state index contributed by atoms with van der Waals surface area (Å²) in [5.41, 5.74) is 2.98. The van der Waals surface area contributed by atoms with E-state index in [1.165, 1.54) is 11.9 Å². The van der Waals surface area contributed by atoms with Gasteiger partial charge in [0.2, 0.25) is 0 Å². The molecule has 0 atom stereocenters. The fraction of sp³-hybridized carbons (Fsp3) is 0.0667. The topological polar surface area (TPSA) is 42.7 Å². The molecule has 0 amide bonds. The monoisotopic (exact) mass is 362 g/mol. The number of halogens is 2. The molecule has 106 valence electrons. The molecule has 0 bridgehead atoms. The van der Waals surface area contributed by atoms with Crippen molar-refractivity contribution in [3.8, 4) is 5.69 Å². The molecule has 3 aromatic rings. The number of nitrogens with one attached hydrogen (secondary N) is 1. The Morgan fingerprint density at radius 3 is 2.81 bits per heavy atom. The lowest BCUT2D eigenvalue weighted by Crippen LogP contribution is -2.05. The number of rotatable bonds is 4. The summed E-state index contributed by atoms with van der Waals surface area (Å²) in [6.07, 6.45) is 3.17. The Bertz CT molecular complexity index is 743. The summed E-state index contributed by atoms with van der Waals surface area (Å²) < 4.78 is 2.78. The highest BCUT2D eigenvalue weighted by atomic mass is 79.9.